The smallest absolute Gasteiger partial charge is 0.310 e. The van der Waals surface area contributed by atoms with E-state index < -0.39 is 0 Å². The molecule has 0 atom stereocenters. The van der Waals surface area contributed by atoms with E-state index >= 15 is 0 Å². The molecule has 2 aromatic rings. The van der Waals surface area contributed by atoms with E-state index in [0.29, 0.717) is 5.69 Å². The third-order valence-electron chi connectivity index (χ3n) is 3.15. The molecule has 2 N–H and O–H groups in total. The number of esters is 1. The van der Waals surface area contributed by atoms with E-state index in [4.69, 9.17) is 10.5 Å². The SMILES string of the molecule is CCn1nc(C)c(Br)c1COC(=O)Cc1ccc(N)cc1. The summed E-state index contributed by atoms with van der Waals surface area (Å²) in [5, 5.41) is 4.36. The monoisotopic (exact) mass is 351 g/mol. The van der Waals surface area contributed by atoms with Gasteiger partial charge in [0.15, 0.2) is 0 Å². The Morgan fingerprint density at radius 2 is 2.05 bits per heavy atom. The minimum Gasteiger partial charge on any atom is -0.459 e. The third-order valence-corrected chi connectivity index (χ3v) is 4.18. The molecule has 1 aromatic heterocycles. The maximum Gasteiger partial charge on any atom is 0.310 e. The molecular weight excluding hydrogens is 334 g/mol. The highest BCUT2D eigenvalue weighted by Crippen LogP contribution is 2.22. The predicted molar refractivity (Wildman–Crippen MR) is 84.7 cm³/mol. The molecule has 112 valence electrons. The summed E-state index contributed by atoms with van der Waals surface area (Å²) in [4.78, 5) is 11.9. The maximum absolute atomic E-state index is 11.9. The lowest BCUT2D eigenvalue weighted by atomic mass is 10.1. The Morgan fingerprint density at radius 1 is 1.38 bits per heavy atom. The minimum absolute atomic E-state index is 0.211. The van der Waals surface area contributed by atoms with Gasteiger partial charge in [-0.2, -0.15) is 5.10 Å². The third kappa shape index (κ3) is 3.85. The Kier molecular flexibility index (Phi) is 5.01. The molecule has 0 aliphatic heterocycles. The van der Waals surface area contributed by atoms with Gasteiger partial charge in [-0.05, 0) is 47.5 Å². The highest BCUT2D eigenvalue weighted by atomic mass is 79.9. The zero-order valence-electron chi connectivity index (χ0n) is 12.1. The van der Waals surface area contributed by atoms with Crippen molar-refractivity contribution in [3.8, 4) is 0 Å². The van der Waals surface area contributed by atoms with Crippen LogP contribution in [0.1, 0.15) is 23.9 Å². The van der Waals surface area contributed by atoms with E-state index in [0.717, 1.165) is 28.0 Å². The fraction of sp³-hybridized carbons (Fsp3) is 0.333. The first kappa shape index (κ1) is 15.6. The number of benzene rings is 1. The zero-order chi connectivity index (χ0) is 15.4. The molecule has 0 saturated heterocycles. The molecule has 0 bridgehead atoms. The van der Waals surface area contributed by atoms with Crippen molar-refractivity contribution < 1.29 is 9.53 Å². The number of nitrogen functional groups attached to an aromatic ring is 1. The summed E-state index contributed by atoms with van der Waals surface area (Å²) in [5.41, 5.74) is 8.94. The van der Waals surface area contributed by atoms with Crippen LogP contribution >= 0.6 is 15.9 Å². The van der Waals surface area contributed by atoms with Crippen LogP contribution in [-0.4, -0.2) is 15.7 Å². The number of aromatic nitrogens is 2. The van der Waals surface area contributed by atoms with Crippen LogP contribution in [0.4, 0.5) is 5.69 Å². The highest BCUT2D eigenvalue weighted by Gasteiger charge is 2.14. The first-order chi connectivity index (χ1) is 10.0. The van der Waals surface area contributed by atoms with Crippen molar-refractivity contribution in [3.63, 3.8) is 0 Å². The van der Waals surface area contributed by atoms with Gasteiger partial charge in [0.05, 0.1) is 22.3 Å². The molecule has 6 heteroatoms. The number of rotatable bonds is 5. The van der Waals surface area contributed by atoms with E-state index in [1.807, 2.05) is 30.7 Å². The second-order valence-corrected chi connectivity index (χ2v) is 5.53. The van der Waals surface area contributed by atoms with Gasteiger partial charge < -0.3 is 10.5 Å². The van der Waals surface area contributed by atoms with Crippen molar-refractivity contribution in [2.45, 2.75) is 33.4 Å². The van der Waals surface area contributed by atoms with Crippen molar-refractivity contribution in [1.82, 2.24) is 9.78 Å². The van der Waals surface area contributed by atoms with Gasteiger partial charge in [0.25, 0.3) is 0 Å². The van der Waals surface area contributed by atoms with Crippen LogP contribution in [0.2, 0.25) is 0 Å². The predicted octanol–water partition coefficient (Wildman–Crippen LogP) is 2.84. The quantitative estimate of drug-likeness (QED) is 0.664. The van der Waals surface area contributed by atoms with Gasteiger partial charge in [-0.3, -0.25) is 9.48 Å². The normalized spacial score (nSPS) is 10.6. The highest BCUT2D eigenvalue weighted by molar-refractivity contribution is 9.10. The topological polar surface area (TPSA) is 70.1 Å². The van der Waals surface area contributed by atoms with E-state index in [1.165, 1.54) is 0 Å². The van der Waals surface area contributed by atoms with Gasteiger partial charge in [0.1, 0.15) is 6.61 Å². The summed E-state index contributed by atoms with van der Waals surface area (Å²) in [6.07, 6.45) is 0.233. The zero-order valence-corrected chi connectivity index (χ0v) is 13.7. The molecule has 1 heterocycles. The summed E-state index contributed by atoms with van der Waals surface area (Å²) < 4.78 is 8.06. The summed E-state index contributed by atoms with van der Waals surface area (Å²) in [7, 11) is 0. The first-order valence-electron chi connectivity index (χ1n) is 6.73. The molecule has 0 saturated carbocycles. The van der Waals surface area contributed by atoms with E-state index in [1.54, 1.807) is 12.1 Å². The summed E-state index contributed by atoms with van der Waals surface area (Å²) in [6, 6.07) is 7.20. The molecule has 2 rings (SSSR count). The Balaban J connectivity index is 1.96. The van der Waals surface area contributed by atoms with Crippen molar-refractivity contribution in [2.24, 2.45) is 0 Å². The number of carbonyl (C=O) groups excluding carboxylic acids is 1. The summed E-state index contributed by atoms with van der Waals surface area (Å²) in [6.45, 7) is 4.86. The second-order valence-electron chi connectivity index (χ2n) is 4.74. The Hall–Kier alpha value is -1.82. The lowest BCUT2D eigenvalue weighted by Gasteiger charge is -2.07. The Morgan fingerprint density at radius 3 is 2.67 bits per heavy atom. The molecule has 0 aliphatic carbocycles. The molecule has 21 heavy (non-hydrogen) atoms. The molecule has 5 nitrogen and oxygen atoms in total. The lowest BCUT2D eigenvalue weighted by molar-refractivity contribution is -0.144. The number of nitrogens with zero attached hydrogens (tertiary/aromatic N) is 2. The average molecular weight is 352 g/mol. The molecule has 0 fully saturated rings. The van der Waals surface area contributed by atoms with Crippen molar-refractivity contribution >= 4 is 27.6 Å². The number of carbonyl (C=O) groups is 1. The van der Waals surface area contributed by atoms with Crippen LogP contribution in [0.5, 0.6) is 0 Å². The van der Waals surface area contributed by atoms with E-state index in [9.17, 15) is 4.79 Å². The fourth-order valence-electron chi connectivity index (χ4n) is 2.01. The van der Waals surface area contributed by atoms with E-state index in [2.05, 4.69) is 21.0 Å². The van der Waals surface area contributed by atoms with Crippen LogP contribution in [0.15, 0.2) is 28.7 Å². The summed E-state index contributed by atoms with van der Waals surface area (Å²) in [5.74, 6) is -0.270. The van der Waals surface area contributed by atoms with Crippen LogP contribution in [0.25, 0.3) is 0 Å². The van der Waals surface area contributed by atoms with Crippen LogP contribution < -0.4 is 5.73 Å². The lowest BCUT2D eigenvalue weighted by Crippen LogP contribution is -2.11. The number of nitrogens with two attached hydrogens (primary N) is 1. The molecule has 0 aliphatic rings. The fourth-order valence-corrected chi connectivity index (χ4v) is 2.41. The molecule has 0 radical (unpaired) electrons. The standard InChI is InChI=1S/C15H18BrN3O2/c1-3-19-13(15(16)10(2)18-19)9-21-14(20)8-11-4-6-12(17)7-5-11/h4-7H,3,8-9,17H2,1-2H3. The van der Waals surface area contributed by atoms with Gasteiger partial charge >= 0.3 is 5.97 Å². The minimum atomic E-state index is -0.270. The van der Waals surface area contributed by atoms with Crippen LogP contribution in [0, 0.1) is 6.92 Å². The maximum atomic E-state index is 11.9. The molecule has 0 unspecified atom stereocenters. The van der Waals surface area contributed by atoms with Gasteiger partial charge in [-0.1, -0.05) is 12.1 Å². The van der Waals surface area contributed by atoms with Crippen molar-refractivity contribution in [3.05, 3.63) is 45.7 Å². The number of ether oxygens (including phenoxy) is 1. The first-order valence-corrected chi connectivity index (χ1v) is 7.52. The number of halogens is 1. The van der Waals surface area contributed by atoms with Crippen LogP contribution in [-0.2, 0) is 29.1 Å². The largest absolute Gasteiger partial charge is 0.459 e. The number of anilines is 1. The van der Waals surface area contributed by atoms with E-state index in [-0.39, 0.29) is 19.0 Å². The summed E-state index contributed by atoms with van der Waals surface area (Å²) >= 11 is 3.48. The van der Waals surface area contributed by atoms with Crippen molar-refractivity contribution in [2.75, 3.05) is 5.73 Å². The van der Waals surface area contributed by atoms with Gasteiger partial charge in [-0.15, -0.1) is 0 Å². The number of aryl methyl sites for hydroxylation is 2. The van der Waals surface area contributed by atoms with Crippen LogP contribution in [0.3, 0.4) is 0 Å². The van der Waals surface area contributed by atoms with Gasteiger partial charge in [0, 0.05) is 12.2 Å². The molecule has 0 amide bonds. The molecule has 1 aromatic carbocycles. The van der Waals surface area contributed by atoms with Crippen molar-refractivity contribution in [1.29, 1.82) is 0 Å². The Bertz CT molecular complexity index is 635. The van der Waals surface area contributed by atoms with Gasteiger partial charge in [-0.25, -0.2) is 0 Å². The van der Waals surface area contributed by atoms with Gasteiger partial charge in [0.2, 0.25) is 0 Å². The molecular formula is C15H18BrN3O2. The number of hydrogen-bond acceptors (Lipinski definition) is 4. The second kappa shape index (κ2) is 6.76. The number of hydrogen-bond donors (Lipinski definition) is 1. The molecule has 0 spiro atoms. The average Bonchev–Trinajstić information content (AvgIpc) is 2.74. The Labute approximate surface area is 132 Å².